The van der Waals surface area contributed by atoms with Crippen molar-refractivity contribution in [3.63, 3.8) is 0 Å². The summed E-state index contributed by atoms with van der Waals surface area (Å²) in [5.74, 6) is -1.27. The van der Waals surface area contributed by atoms with Gasteiger partial charge >= 0.3 is 5.97 Å². The molecule has 21 heavy (non-hydrogen) atoms. The number of likely N-dealkylation sites (tertiary alicyclic amines) is 1. The zero-order valence-corrected chi connectivity index (χ0v) is 11.5. The Balaban J connectivity index is 1.69. The summed E-state index contributed by atoms with van der Waals surface area (Å²) >= 11 is 0. The van der Waals surface area contributed by atoms with Crippen molar-refractivity contribution >= 4 is 5.97 Å². The molecule has 1 N–H and O–H groups in total. The summed E-state index contributed by atoms with van der Waals surface area (Å²) in [4.78, 5) is 12.8. The molecule has 2 aromatic rings. The van der Waals surface area contributed by atoms with Crippen molar-refractivity contribution in [3.05, 3.63) is 59.9 Å². The van der Waals surface area contributed by atoms with E-state index in [0.29, 0.717) is 25.2 Å². The van der Waals surface area contributed by atoms with Crippen molar-refractivity contribution in [2.45, 2.75) is 6.54 Å². The summed E-state index contributed by atoms with van der Waals surface area (Å²) < 4.78 is 14.2. The maximum absolute atomic E-state index is 14.2. The van der Waals surface area contributed by atoms with Crippen molar-refractivity contribution in [2.75, 3.05) is 13.1 Å². The Morgan fingerprint density at radius 3 is 2.52 bits per heavy atom. The first kappa shape index (κ1) is 13.8. The van der Waals surface area contributed by atoms with E-state index < -0.39 is 5.97 Å². The highest BCUT2D eigenvalue weighted by atomic mass is 19.1. The molecule has 1 fully saturated rings. The number of carboxylic acids is 1. The fraction of sp³-hybridized carbons (Fsp3) is 0.235. The van der Waals surface area contributed by atoms with Gasteiger partial charge in [0.2, 0.25) is 0 Å². The third-order valence-electron chi connectivity index (χ3n) is 3.83. The number of aliphatic carboxylic acids is 1. The predicted molar refractivity (Wildman–Crippen MR) is 78.2 cm³/mol. The van der Waals surface area contributed by atoms with Crippen LogP contribution in [0.15, 0.2) is 48.5 Å². The fourth-order valence-electron chi connectivity index (χ4n) is 2.62. The van der Waals surface area contributed by atoms with Gasteiger partial charge in [-0.15, -0.1) is 0 Å². The van der Waals surface area contributed by atoms with Crippen LogP contribution < -0.4 is 0 Å². The van der Waals surface area contributed by atoms with E-state index in [9.17, 15) is 9.18 Å². The molecule has 0 saturated carbocycles. The number of halogens is 1. The van der Waals surface area contributed by atoms with Crippen molar-refractivity contribution in [2.24, 2.45) is 5.92 Å². The van der Waals surface area contributed by atoms with Crippen molar-refractivity contribution in [1.29, 1.82) is 0 Å². The normalized spacial score (nSPS) is 15.7. The Bertz CT molecular complexity index is 651. The zero-order valence-electron chi connectivity index (χ0n) is 11.5. The van der Waals surface area contributed by atoms with Crippen LogP contribution in [-0.4, -0.2) is 29.1 Å². The van der Waals surface area contributed by atoms with Crippen LogP contribution in [0.5, 0.6) is 0 Å². The molecule has 0 atom stereocenters. The van der Waals surface area contributed by atoms with Gasteiger partial charge in [-0.1, -0.05) is 42.5 Å². The van der Waals surface area contributed by atoms with E-state index in [4.69, 9.17) is 5.11 Å². The van der Waals surface area contributed by atoms with E-state index in [1.807, 2.05) is 41.3 Å². The standard InChI is InChI=1S/C17H16FNO2/c18-16-8-12(9-19-10-14(11-19)17(20)21)6-7-15(16)13-4-2-1-3-5-13/h1-8,14H,9-11H2,(H,20,21). The average Bonchev–Trinajstić information content (AvgIpc) is 2.43. The number of nitrogens with zero attached hydrogens (tertiary/aromatic N) is 1. The lowest BCUT2D eigenvalue weighted by Gasteiger charge is -2.36. The molecule has 0 unspecified atom stereocenters. The minimum absolute atomic E-state index is 0.242. The highest BCUT2D eigenvalue weighted by molar-refractivity contribution is 5.71. The molecule has 1 aliphatic heterocycles. The van der Waals surface area contributed by atoms with Gasteiger partial charge < -0.3 is 5.11 Å². The topological polar surface area (TPSA) is 40.5 Å². The third kappa shape index (κ3) is 2.95. The lowest BCUT2D eigenvalue weighted by Crippen LogP contribution is -2.49. The van der Waals surface area contributed by atoms with E-state index in [-0.39, 0.29) is 11.7 Å². The molecule has 3 rings (SSSR count). The Labute approximate surface area is 122 Å². The molecule has 1 aliphatic rings. The van der Waals surface area contributed by atoms with Crippen LogP contribution in [0.1, 0.15) is 5.56 Å². The van der Waals surface area contributed by atoms with Crippen molar-refractivity contribution in [3.8, 4) is 11.1 Å². The van der Waals surface area contributed by atoms with Gasteiger partial charge in [0, 0.05) is 25.2 Å². The summed E-state index contributed by atoms with van der Waals surface area (Å²) in [5, 5.41) is 8.84. The van der Waals surface area contributed by atoms with Gasteiger partial charge in [0.05, 0.1) is 5.92 Å². The highest BCUT2D eigenvalue weighted by Crippen LogP contribution is 2.25. The quantitative estimate of drug-likeness (QED) is 0.938. The first-order valence-electron chi connectivity index (χ1n) is 6.92. The summed E-state index contributed by atoms with van der Waals surface area (Å²) in [6, 6.07) is 14.7. The van der Waals surface area contributed by atoms with Crippen LogP contribution in [0.4, 0.5) is 4.39 Å². The second-order valence-corrected chi connectivity index (χ2v) is 5.41. The zero-order chi connectivity index (χ0) is 14.8. The molecule has 3 nitrogen and oxygen atoms in total. The number of benzene rings is 2. The number of hydrogen-bond acceptors (Lipinski definition) is 2. The largest absolute Gasteiger partial charge is 0.481 e. The van der Waals surface area contributed by atoms with Gasteiger partial charge in [0.25, 0.3) is 0 Å². The van der Waals surface area contributed by atoms with Gasteiger partial charge in [-0.3, -0.25) is 9.69 Å². The Kier molecular flexibility index (Phi) is 3.71. The molecule has 1 heterocycles. The summed E-state index contributed by atoms with van der Waals surface area (Å²) in [6.07, 6.45) is 0. The van der Waals surface area contributed by atoms with Gasteiger partial charge in [-0.2, -0.15) is 0 Å². The molecule has 1 saturated heterocycles. The molecule has 0 amide bonds. The number of hydrogen-bond donors (Lipinski definition) is 1. The lowest BCUT2D eigenvalue weighted by molar-refractivity contribution is -0.147. The maximum Gasteiger partial charge on any atom is 0.309 e. The second kappa shape index (κ2) is 5.66. The fourth-order valence-corrected chi connectivity index (χ4v) is 2.62. The highest BCUT2D eigenvalue weighted by Gasteiger charge is 2.32. The first-order chi connectivity index (χ1) is 10.1. The van der Waals surface area contributed by atoms with Crippen LogP contribution in [-0.2, 0) is 11.3 Å². The number of carbonyl (C=O) groups is 1. The van der Waals surface area contributed by atoms with E-state index in [1.54, 1.807) is 6.07 Å². The summed E-state index contributed by atoms with van der Waals surface area (Å²) in [7, 11) is 0. The molecule has 0 bridgehead atoms. The molecular formula is C17H16FNO2. The SMILES string of the molecule is O=C(O)C1CN(Cc2ccc(-c3ccccc3)c(F)c2)C1. The molecule has 0 aromatic heterocycles. The predicted octanol–water partition coefficient (Wildman–Crippen LogP) is 3.01. The third-order valence-corrected chi connectivity index (χ3v) is 3.83. The van der Waals surface area contributed by atoms with Gasteiger partial charge in [0.1, 0.15) is 5.82 Å². The Morgan fingerprint density at radius 2 is 1.90 bits per heavy atom. The van der Waals surface area contributed by atoms with Gasteiger partial charge in [-0.25, -0.2) is 4.39 Å². The van der Waals surface area contributed by atoms with Crippen LogP contribution in [0.3, 0.4) is 0 Å². The van der Waals surface area contributed by atoms with Gasteiger partial charge in [0.15, 0.2) is 0 Å². The van der Waals surface area contributed by atoms with Gasteiger partial charge in [-0.05, 0) is 17.2 Å². The van der Waals surface area contributed by atoms with Crippen LogP contribution in [0, 0.1) is 11.7 Å². The second-order valence-electron chi connectivity index (χ2n) is 5.41. The van der Waals surface area contributed by atoms with E-state index in [2.05, 4.69) is 0 Å². The minimum Gasteiger partial charge on any atom is -0.481 e. The minimum atomic E-state index is -0.753. The maximum atomic E-state index is 14.2. The summed E-state index contributed by atoms with van der Waals surface area (Å²) in [6.45, 7) is 1.67. The number of carboxylic acid groups (broad SMARTS) is 1. The van der Waals surface area contributed by atoms with Crippen molar-refractivity contribution in [1.82, 2.24) is 4.90 Å². The van der Waals surface area contributed by atoms with E-state index in [1.165, 1.54) is 6.07 Å². The van der Waals surface area contributed by atoms with Crippen LogP contribution in [0.2, 0.25) is 0 Å². The molecule has 4 heteroatoms. The summed E-state index contributed by atoms with van der Waals surface area (Å²) in [5.41, 5.74) is 2.32. The average molecular weight is 285 g/mol. The molecular weight excluding hydrogens is 269 g/mol. The number of rotatable bonds is 4. The van der Waals surface area contributed by atoms with Crippen LogP contribution in [0.25, 0.3) is 11.1 Å². The first-order valence-corrected chi connectivity index (χ1v) is 6.92. The lowest BCUT2D eigenvalue weighted by atomic mass is 9.98. The molecule has 0 radical (unpaired) electrons. The monoisotopic (exact) mass is 285 g/mol. The Hall–Kier alpha value is -2.20. The molecule has 108 valence electrons. The van der Waals surface area contributed by atoms with Crippen LogP contribution >= 0.6 is 0 Å². The smallest absolute Gasteiger partial charge is 0.309 e. The van der Waals surface area contributed by atoms with Crippen molar-refractivity contribution < 1.29 is 14.3 Å². The molecule has 0 spiro atoms. The molecule has 0 aliphatic carbocycles. The van der Waals surface area contributed by atoms with E-state index in [0.717, 1.165) is 11.1 Å². The molecule has 2 aromatic carbocycles. The Morgan fingerprint density at radius 1 is 1.19 bits per heavy atom. The van der Waals surface area contributed by atoms with E-state index >= 15 is 0 Å².